The van der Waals surface area contributed by atoms with E-state index in [0.29, 0.717) is 36.6 Å². The molecule has 0 spiro atoms. The van der Waals surface area contributed by atoms with Gasteiger partial charge in [0, 0.05) is 23.6 Å². The normalized spacial score (nSPS) is 13.4. The third-order valence-electron chi connectivity index (χ3n) is 4.81. The third kappa shape index (κ3) is 3.87. The average Bonchev–Trinajstić information content (AvgIpc) is 3.00. The fraction of sp³-hybridized carbons (Fsp3) is 0.217. The van der Waals surface area contributed by atoms with E-state index in [2.05, 4.69) is 4.98 Å². The minimum atomic E-state index is -0.536. The lowest BCUT2D eigenvalue weighted by Crippen LogP contribution is -2.30. The van der Waals surface area contributed by atoms with Gasteiger partial charge < -0.3 is 14.5 Å². The van der Waals surface area contributed by atoms with Gasteiger partial charge in [-0.25, -0.2) is 9.59 Å². The number of hydrogen-bond donors (Lipinski definition) is 1. The molecular formula is C23H22N2O4. The van der Waals surface area contributed by atoms with Crippen LogP contribution in [-0.4, -0.2) is 35.1 Å². The predicted molar refractivity (Wildman–Crippen MR) is 110 cm³/mol. The van der Waals surface area contributed by atoms with Gasteiger partial charge in [-0.2, -0.15) is 0 Å². The van der Waals surface area contributed by atoms with Gasteiger partial charge in [-0.05, 0) is 36.6 Å². The quantitative estimate of drug-likeness (QED) is 0.665. The summed E-state index contributed by atoms with van der Waals surface area (Å²) in [4.78, 5) is 30.3. The summed E-state index contributed by atoms with van der Waals surface area (Å²) >= 11 is 0. The van der Waals surface area contributed by atoms with Gasteiger partial charge in [0.25, 0.3) is 0 Å². The molecule has 6 nitrogen and oxygen atoms in total. The predicted octanol–water partition coefficient (Wildman–Crippen LogP) is 4.52. The fourth-order valence-electron chi connectivity index (χ4n) is 3.43. The number of nitrogens with zero attached hydrogens (tertiary/aromatic N) is 1. The number of ether oxygens (including phenoxy) is 2. The van der Waals surface area contributed by atoms with Crippen LogP contribution in [0.1, 0.15) is 24.6 Å². The molecule has 0 aliphatic carbocycles. The van der Waals surface area contributed by atoms with Gasteiger partial charge in [0.2, 0.25) is 0 Å². The van der Waals surface area contributed by atoms with Crippen LogP contribution < -0.4 is 4.74 Å². The minimum absolute atomic E-state index is 0.320. The summed E-state index contributed by atoms with van der Waals surface area (Å²) in [7, 11) is 0. The Morgan fingerprint density at radius 3 is 2.62 bits per heavy atom. The van der Waals surface area contributed by atoms with E-state index >= 15 is 0 Å². The average molecular weight is 390 g/mol. The molecule has 1 N–H and O–H groups in total. The van der Waals surface area contributed by atoms with Crippen LogP contribution in [0.4, 0.5) is 4.79 Å². The van der Waals surface area contributed by atoms with Crippen molar-refractivity contribution in [3.05, 3.63) is 72.1 Å². The molecule has 1 aliphatic heterocycles. The maximum absolute atomic E-state index is 12.8. The Labute approximate surface area is 168 Å². The second kappa shape index (κ2) is 8.22. The zero-order valence-corrected chi connectivity index (χ0v) is 16.2. The van der Waals surface area contributed by atoms with Gasteiger partial charge in [0.1, 0.15) is 5.75 Å². The van der Waals surface area contributed by atoms with Gasteiger partial charge in [-0.1, -0.05) is 43.3 Å². The lowest BCUT2D eigenvalue weighted by molar-refractivity contribution is -0.136. The molecule has 1 aliphatic rings. The van der Waals surface area contributed by atoms with Crippen molar-refractivity contribution in [1.82, 2.24) is 9.88 Å². The van der Waals surface area contributed by atoms with Gasteiger partial charge >= 0.3 is 12.1 Å². The van der Waals surface area contributed by atoms with Crippen LogP contribution in [0.25, 0.3) is 16.5 Å². The molecule has 0 bridgehead atoms. The smallest absolute Gasteiger partial charge is 0.419 e. The van der Waals surface area contributed by atoms with Gasteiger partial charge in [0.15, 0.2) is 0 Å². The first-order chi connectivity index (χ1) is 14.2. The van der Waals surface area contributed by atoms with Crippen LogP contribution in [0.5, 0.6) is 5.75 Å². The molecular weight excluding hydrogens is 368 g/mol. The number of aromatic nitrogens is 1. The summed E-state index contributed by atoms with van der Waals surface area (Å²) in [5, 5.41) is 1.04. The number of para-hydroxylation sites is 2. The Morgan fingerprint density at radius 2 is 1.83 bits per heavy atom. The van der Waals surface area contributed by atoms with Crippen molar-refractivity contribution in [2.75, 3.05) is 13.2 Å². The van der Waals surface area contributed by atoms with E-state index in [1.165, 1.54) is 11.1 Å². The number of aromatic amines is 1. The summed E-state index contributed by atoms with van der Waals surface area (Å²) in [6.07, 6.45) is 2.30. The molecule has 2 aromatic carbocycles. The Morgan fingerprint density at radius 1 is 1.07 bits per heavy atom. The summed E-state index contributed by atoms with van der Waals surface area (Å²) in [6.45, 7) is 2.65. The number of carbonyl (C=O) groups is 2. The number of benzene rings is 2. The van der Waals surface area contributed by atoms with Gasteiger partial charge in [-0.15, -0.1) is 0 Å². The molecule has 0 saturated carbocycles. The monoisotopic (exact) mass is 390 g/mol. The third-order valence-corrected chi connectivity index (χ3v) is 4.81. The lowest BCUT2D eigenvalue weighted by atomic mass is 10.0. The molecule has 4 rings (SSSR count). The SMILES string of the molecule is CCCOC(=O)C1=CN(C(=O)Oc2ccccc2)CCc2c1[nH]c1ccccc21. The topological polar surface area (TPSA) is 71.6 Å². The van der Waals surface area contributed by atoms with E-state index in [4.69, 9.17) is 9.47 Å². The van der Waals surface area contributed by atoms with Crippen molar-refractivity contribution in [2.24, 2.45) is 0 Å². The van der Waals surface area contributed by atoms with E-state index in [-0.39, 0.29) is 0 Å². The summed E-state index contributed by atoms with van der Waals surface area (Å²) in [5.41, 5.74) is 2.97. The molecule has 3 aromatic rings. The summed E-state index contributed by atoms with van der Waals surface area (Å²) in [6, 6.07) is 16.8. The van der Waals surface area contributed by atoms with E-state index in [1.807, 2.05) is 37.3 Å². The van der Waals surface area contributed by atoms with E-state index in [9.17, 15) is 9.59 Å². The highest BCUT2D eigenvalue weighted by molar-refractivity contribution is 6.18. The second-order valence-electron chi connectivity index (χ2n) is 6.83. The molecule has 1 amide bonds. The van der Waals surface area contributed by atoms with Gasteiger partial charge in [0.05, 0.1) is 17.9 Å². The van der Waals surface area contributed by atoms with Crippen molar-refractivity contribution in [3.8, 4) is 5.75 Å². The van der Waals surface area contributed by atoms with Crippen LogP contribution in [-0.2, 0) is 16.0 Å². The van der Waals surface area contributed by atoms with Crippen LogP contribution >= 0.6 is 0 Å². The molecule has 0 unspecified atom stereocenters. The van der Waals surface area contributed by atoms with Crippen molar-refractivity contribution < 1.29 is 19.1 Å². The Bertz CT molecular complexity index is 1070. The van der Waals surface area contributed by atoms with Crippen molar-refractivity contribution in [3.63, 3.8) is 0 Å². The largest absolute Gasteiger partial charge is 0.462 e. The maximum Gasteiger partial charge on any atom is 0.419 e. The molecule has 1 aromatic heterocycles. The molecule has 6 heteroatoms. The number of esters is 1. The lowest BCUT2D eigenvalue weighted by Gasteiger charge is -2.17. The number of carbonyl (C=O) groups excluding carboxylic acids is 2. The van der Waals surface area contributed by atoms with E-state index < -0.39 is 12.1 Å². The summed E-state index contributed by atoms with van der Waals surface area (Å²) < 4.78 is 10.8. The first kappa shape index (κ1) is 18.8. The first-order valence-electron chi connectivity index (χ1n) is 9.69. The maximum atomic E-state index is 12.8. The molecule has 148 valence electrons. The van der Waals surface area contributed by atoms with Crippen LogP contribution in [0.2, 0.25) is 0 Å². The van der Waals surface area contributed by atoms with Gasteiger partial charge in [-0.3, -0.25) is 4.90 Å². The number of amides is 1. The minimum Gasteiger partial charge on any atom is -0.462 e. The van der Waals surface area contributed by atoms with E-state index in [0.717, 1.165) is 22.9 Å². The van der Waals surface area contributed by atoms with Crippen molar-refractivity contribution in [1.29, 1.82) is 0 Å². The van der Waals surface area contributed by atoms with E-state index in [1.54, 1.807) is 24.3 Å². The molecule has 0 radical (unpaired) electrons. The highest BCUT2D eigenvalue weighted by Crippen LogP contribution is 2.31. The number of rotatable bonds is 4. The number of nitrogens with one attached hydrogen (secondary N) is 1. The first-order valence-corrected chi connectivity index (χ1v) is 9.69. The summed E-state index contributed by atoms with van der Waals surface area (Å²) in [5.74, 6) is -0.00621. The molecule has 0 saturated heterocycles. The molecule has 0 atom stereocenters. The fourth-order valence-corrected chi connectivity index (χ4v) is 3.43. The zero-order chi connectivity index (χ0) is 20.2. The Kier molecular flexibility index (Phi) is 5.33. The molecule has 29 heavy (non-hydrogen) atoms. The Balaban J connectivity index is 1.70. The van der Waals surface area contributed by atoms with Crippen LogP contribution in [0, 0.1) is 0 Å². The second-order valence-corrected chi connectivity index (χ2v) is 6.83. The highest BCUT2D eigenvalue weighted by atomic mass is 16.6. The number of fused-ring (bicyclic) bond motifs is 3. The molecule has 2 heterocycles. The molecule has 0 fully saturated rings. The zero-order valence-electron chi connectivity index (χ0n) is 16.2. The number of H-pyrrole nitrogens is 1. The number of hydrogen-bond acceptors (Lipinski definition) is 4. The standard InChI is InChI=1S/C23H22N2O4/c1-2-14-28-22(26)19-15-25(23(27)29-16-8-4-3-5-9-16)13-12-18-17-10-6-7-11-20(17)24-21(18)19/h3-11,15,24H,2,12-14H2,1H3. The van der Waals surface area contributed by atoms with Crippen molar-refractivity contribution in [2.45, 2.75) is 19.8 Å². The highest BCUT2D eigenvalue weighted by Gasteiger charge is 2.28. The van der Waals surface area contributed by atoms with Crippen LogP contribution in [0.15, 0.2) is 60.8 Å². The Hall–Kier alpha value is -3.54. The van der Waals surface area contributed by atoms with Crippen LogP contribution in [0.3, 0.4) is 0 Å². The van der Waals surface area contributed by atoms with Crippen molar-refractivity contribution >= 4 is 28.5 Å².